The number of carbonyl (C=O) groups excluding carboxylic acids is 1. The normalized spacial score (nSPS) is 23.6. The number of hydrogen-bond acceptors (Lipinski definition) is 6. The van der Waals surface area contributed by atoms with Crippen molar-refractivity contribution in [3.8, 4) is 5.75 Å². The molecule has 0 spiro atoms. The number of rotatable bonds is 5. The third kappa shape index (κ3) is 4.17. The van der Waals surface area contributed by atoms with Gasteiger partial charge in [-0.3, -0.25) is 9.78 Å². The second kappa shape index (κ2) is 8.69. The van der Waals surface area contributed by atoms with Gasteiger partial charge in [-0.1, -0.05) is 12.1 Å². The zero-order valence-corrected chi connectivity index (χ0v) is 17.8. The first kappa shape index (κ1) is 20.7. The molecule has 0 bridgehead atoms. The molecule has 1 amide bonds. The summed E-state index contributed by atoms with van der Waals surface area (Å²) in [4.78, 5) is 22.4. The molecule has 4 rings (SSSR count). The lowest BCUT2D eigenvalue weighted by Crippen LogP contribution is -2.35. The molecule has 2 aromatic rings. The molecule has 0 saturated carbocycles. The summed E-state index contributed by atoms with van der Waals surface area (Å²) >= 11 is 0. The lowest BCUT2D eigenvalue weighted by atomic mass is 10.0. The van der Waals surface area contributed by atoms with Crippen molar-refractivity contribution < 1.29 is 17.9 Å². The highest BCUT2D eigenvalue weighted by Gasteiger charge is 2.47. The molecule has 2 saturated heterocycles. The lowest BCUT2D eigenvalue weighted by molar-refractivity contribution is 0.0752. The maximum atomic E-state index is 13.1. The fraction of sp³-hybridized carbons (Fsp3) is 0.476. The minimum absolute atomic E-state index is 0.0416. The SMILES string of the molecule is COc1cccc(CCN2C[C@@H]3CCN(C(=O)c4cnccn4)CC[C@H]3S2(=O)=O)c1. The summed E-state index contributed by atoms with van der Waals surface area (Å²) in [5.41, 5.74) is 1.35. The van der Waals surface area contributed by atoms with Crippen LogP contribution in [-0.2, 0) is 16.4 Å². The van der Waals surface area contributed by atoms with Crippen molar-refractivity contribution >= 4 is 15.9 Å². The quantitative estimate of drug-likeness (QED) is 0.715. The molecule has 2 atom stereocenters. The van der Waals surface area contributed by atoms with Gasteiger partial charge in [0, 0.05) is 38.6 Å². The molecule has 9 heteroatoms. The summed E-state index contributed by atoms with van der Waals surface area (Å²) in [5, 5.41) is -0.428. The largest absolute Gasteiger partial charge is 0.497 e. The van der Waals surface area contributed by atoms with Crippen molar-refractivity contribution in [2.24, 2.45) is 5.92 Å². The van der Waals surface area contributed by atoms with Gasteiger partial charge in [-0.25, -0.2) is 17.7 Å². The van der Waals surface area contributed by atoms with Gasteiger partial charge in [0.1, 0.15) is 11.4 Å². The van der Waals surface area contributed by atoms with Gasteiger partial charge in [-0.15, -0.1) is 0 Å². The van der Waals surface area contributed by atoms with Gasteiger partial charge < -0.3 is 9.64 Å². The Hall–Kier alpha value is -2.52. The summed E-state index contributed by atoms with van der Waals surface area (Å²) in [7, 11) is -1.75. The Bertz CT molecular complexity index is 999. The number of fused-ring (bicyclic) bond motifs is 1. The summed E-state index contributed by atoms with van der Waals surface area (Å²) < 4.78 is 33.2. The number of likely N-dealkylation sites (tertiary alicyclic amines) is 1. The molecular weight excluding hydrogens is 404 g/mol. The number of carbonyl (C=O) groups is 1. The Kier molecular flexibility index (Phi) is 6.01. The van der Waals surface area contributed by atoms with Crippen LogP contribution in [0.2, 0.25) is 0 Å². The second-order valence-electron chi connectivity index (χ2n) is 7.76. The van der Waals surface area contributed by atoms with E-state index in [-0.39, 0.29) is 11.8 Å². The average molecular weight is 431 g/mol. The second-order valence-corrected chi connectivity index (χ2v) is 9.92. The van der Waals surface area contributed by atoms with Crippen LogP contribution in [0.4, 0.5) is 0 Å². The maximum Gasteiger partial charge on any atom is 0.274 e. The van der Waals surface area contributed by atoms with E-state index in [1.165, 1.54) is 18.6 Å². The maximum absolute atomic E-state index is 13.1. The molecule has 3 heterocycles. The van der Waals surface area contributed by atoms with E-state index >= 15 is 0 Å². The molecule has 1 aromatic heterocycles. The number of ether oxygens (including phenoxy) is 1. The summed E-state index contributed by atoms with van der Waals surface area (Å²) in [6.07, 6.45) is 6.24. The molecule has 0 unspecified atom stereocenters. The fourth-order valence-electron chi connectivity index (χ4n) is 4.37. The monoisotopic (exact) mass is 430 g/mol. The molecule has 30 heavy (non-hydrogen) atoms. The molecule has 8 nitrogen and oxygen atoms in total. The van der Waals surface area contributed by atoms with Gasteiger partial charge in [0.2, 0.25) is 10.0 Å². The van der Waals surface area contributed by atoms with Crippen LogP contribution in [0.5, 0.6) is 5.75 Å². The summed E-state index contributed by atoms with van der Waals surface area (Å²) in [5.74, 6) is 0.630. The molecule has 2 aliphatic rings. The van der Waals surface area contributed by atoms with E-state index in [9.17, 15) is 13.2 Å². The number of amides is 1. The van der Waals surface area contributed by atoms with Crippen LogP contribution < -0.4 is 4.74 Å². The van der Waals surface area contributed by atoms with Crippen LogP contribution in [0, 0.1) is 5.92 Å². The molecule has 2 fully saturated rings. The third-order valence-corrected chi connectivity index (χ3v) is 8.45. The van der Waals surface area contributed by atoms with E-state index in [1.54, 1.807) is 16.3 Å². The average Bonchev–Trinajstić information content (AvgIpc) is 2.90. The zero-order valence-electron chi connectivity index (χ0n) is 17.0. The Balaban J connectivity index is 1.40. The number of hydrogen-bond donors (Lipinski definition) is 0. The standard InChI is InChI=1S/C21H26N4O4S/c1-29-18-4-2-3-16(13-18)5-12-25-15-17-6-10-24(11-7-20(17)30(25,27)28)21(26)19-14-22-8-9-23-19/h2-4,8-9,13-14,17,20H,5-7,10-12,15H2,1H3/t17-,20+/m0/s1. The topological polar surface area (TPSA) is 92.7 Å². The van der Waals surface area contributed by atoms with E-state index in [2.05, 4.69) is 9.97 Å². The van der Waals surface area contributed by atoms with Crippen LogP contribution in [0.15, 0.2) is 42.9 Å². The number of benzene rings is 1. The molecule has 1 aromatic carbocycles. The van der Waals surface area contributed by atoms with Gasteiger partial charge >= 0.3 is 0 Å². The number of methoxy groups -OCH3 is 1. The zero-order chi connectivity index (χ0) is 21.1. The van der Waals surface area contributed by atoms with E-state index < -0.39 is 15.3 Å². The van der Waals surface area contributed by atoms with E-state index in [0.29, 0.717) is 51.1 Å². The Labute approximate surface area is 176 Å². The van der Waals surface area contributed by atoms with Crippen LogP contribution in [0.1, 0.15) is 28.9 Å². The first-order valence-electron chi connectivity index (χ1n) is 10.2. The van der Waals surface area contributed by atoms with Crippen molar-refractivity contribution in [1.29, 1.82) is 0 Å². The first-order valence-corrected chi connectivity index (χ1v) is 11.7. The molecule has 2 aliphatic heterocycles. The number of sulfonamides is 1. The number of nitrogens with zero attached hydrogens (tertiary/aromatic N) is 4. The van der Waals surface area contributed by atoms with E-state index in [1.807, 2.05) is 24.3 Å². The third-order valence-electron chi connectivity index (χ3n) is 6.01. The van der Waals surface area contributed by atoms with Crippen molar-refractivity contribution in [1.82, 2.24) is 19.2 Å². The minimum atomic E-state index is -3.37. The number of aromatic nitrogens is 2. The highest BCUT2D eigenvalue weighted by molar-refractivity contribution is 7.90. The van der Waals surface area contributed by atoms with Gasteiger partial charge in [-0.05, 0) is 42.9 Å². The Morgan fingerprint density at radius 1 is 1.23 bits per heavy atom. The smallest absolute Gasteiger partial charge is 0.274 e. The van der Waals surface area contributed by atoms with Crippen molar-refractivity contribution in [2.45, 2.75) is 24.5 Å². The molecule has 0 aliphatic carbocycles. The summed E-state index contributed by atoms with van der Waals surface area (Å²) in [6.45, 7) is 1.93. The Morgan fingerprint density at radius 3 is 2.83 bits per heavy atom. The van der Waals surface area contributed by atoms with Crippen molar-refractivity contribution in [3.63, 3.8) is 0 Å². The van der Waals surface area contributed by atoms with Crippen LogP contribution in [-0.4, -0.2) is 72.0 Å². The lowest BCUT2D eigenvalue weighted by Gasteiger charge is -2.21. The van der Waals surface area contributed by atoms with Crippen LogP contribution in [0.25, 0.3) is 0 Å². The highest BCUT2D eigenvalue weighted by atomic mass is 32.2. The Morgan fingerprint density at radius 2 is 2.07 bits per heavy atom. The first-order chi connectivity index (χ1) is 14.5. The van der Waals surface area contributed by atoms with Gasteiger partial charge in [0.25, 0.3) is 5.91 Å². The minimum Gasteiger partial charge on any atom is -0.497 e. The molecular formula is C21H26N4O4S. The highest BCUT2D eigenvalue weighted by Crippen LogP contribution is 2.34. The van der Waals surface area contributed by atoms with E-state index in [4.69, 9.17) is 4.74 Å². The molecule has 0 radical (unpaired) electrons. The van der Waals surface area contributed by atoms with Crippen molar-refractivity contribution in [3.05, 3.63) is 54.1 Å². The van der Waals surface area contributed by atoms with Gasteiger partial charge in [0.05, 0.1) is 18.6 Å². The fourth-order valence-corrected chi connectivity index (χ4v) is 6.61. The van der Waals surface area contributed by atoms with E-state index in [0.717, 1.165) is 11.3 Å². The molecule has 0 N–H and O–H groups in total. The van der Waals surface area contributed by atoms with Gasteiger partial charge in [-0.2, -0.15) is 0 Å². The van der Waals surface area contributed by atoms with Crippen LogP contribution >= 0.6 is 0 Å². The van der Waals surface area contributed by atoms with Gasteiger partial charge in [0.15, 0.2) is 0 Å². The molecule has 160 valence electrons. The summed E-state index contributed by atoms with van der Waals surface area (Å²) in [6, 6.07) is 7.72. The predicted molar refractivity (Wildman–Crippen MR) is 112 cm³/mol. The van der Waals surface area contributed by atoms with Crippen LogP contribution in [0.3, 0.4) is 0 Å². The predicted octanol–water partition coefficient (Wildman–Crippen LogP) is 1.59. The van der Waals surface area contributed by atoms with Crippen molar-refractivity contribution in [2.75, 3.05) is 33.3 Å².